The quantitative estimate of drug-likeness (QED) is 0.816. The third-order valence-electron chi connectivity index (χ3n) is 4.38. The first-order valence-corrected chi connectivity index (χ1v) is 7.79. The first-order chi connectivity index (χ1) is 11.2. The van der Waals surface area contributed by atoms with E-state index in [1.54, 1.807) is 19.8 Å². The van der Waals surface area contributed by atoms with E-state index in [-0.39, 0.29) is 17.6 Å². The Balaban J connectivity index is 1.89. The molecule has 0 saturated carbocycles. The van der Waals surface area contributed by atoms with Crippen molar-refractivity contribution < 1.29 is 14.2 Å². The van der Waals surface area contributed by atoms with Crippen molar-refractivity contribution in [3.05, 3.63) is 48.5 Å². The fraction of sp³-hybridized carbons (Fsp3) is 0.529. The van der Waals surface area contributed by atoms with Crippen molar-refractivity contribution in [2.45, 2.75) is 25.5 Å². The standard InChI is InChI=1S/C17H23N3O3/c1-17(9-22-13-23-10-17)16(21-2)15(20-12-18-11-19-20)8-14-6-4-3-5-7-14/h3-7,11-12,15-16H,8-10,13H2,1-2H3. The predicted octanol–water partition coefficient (Wildman–Crippen LogP) is 2.09. The monoisotopic (exact) mass is 317 g/mol. The van der Waals surface area contributed by atoms with Gasteiger partial charge in [0.25, 0.3) is 0 Å². The molecular weight excluding hydrogens is 294 g/mol. The van der Waals surface area contributed by atoms with E-state index in [2.05, 4.69) is 29.1 Å². The van der Waals surface area contributed by atoms with Gasteiger partial charge in [-0.05, 0) is 12.0 Å². The van der Waals surface area contributed by atoms with E-state index in [1.165, 1.54) is 5.56 Å². The van der Waals surface area contributed by atoms with Crippen molar-refractivity contribution in [3.63, 3.8) is 0 Å². The van der Waals surface area contributed by atoms with Gasteiger partial charge in [0, 0.05) is 12.5 Å². The molecular formula is C17H23N3O3. The van der Waals surface area contributed by atoms with Crippen LogP contribution in [0.3, 0.4) is 0 Å². The Morgan fingerprint density at radius 1 is 1.26 bits per heavy atom. The molecule has 2 aromatic rings. The molecule has 3 rings (SSSR count). The van der Waals surface area contributed by atoms with Crippen molar-refractivity contribution >= 4 is 0 Å². The predicted molar refractivity (Wildman–Crippen MR) is 84.9 cm³/mol. The van der Waals surface area contributed by atoms with E-state index in [1.807, 2.05) is 22.9 Å². The molecule has 0 radical (unpaired) electrons. The summed E-state index contributed by atoms with van der Waals surface area (Å²) in [6.45, 7) is 3.69. The minimum atomic E-state index is -0.238. The average Bonchev–Trinajstić information content (AvgIpc) is 3.10. The molecule has 1 saturated heterocycles. The Bertz CT molecular complexity index is 582. The lowest BCUT2D eigenvalue weighted by Crippen LogP contribution is -2.49. The van der Waals surface area contributed by atoms with E-state index in [4.69, 9.17) is 14.2 Å². The summed E-state index contributed by atoms with van der Waals surface area (Å²) in [6, 6.07) is 10.4. The van der Waals surface area contributed by atoms with Crippen LogP contribution in [0.2, 0.25) is 0 Å². The highest BCUT2D eigenvalue weighted by Crippen LogP contribution is 2.35. The molecule has 2 unspecified atom stereocenters. The van der Waals surface area contributed by atoms with Gasteiger partial charge >= 0.3 is 0 Å². The molecule has 1 fully saturated rings. The van der Waals surface area contributed by atoms with Gasteiger partial charge in [-0.1, -0.05) is 37.3 Å². The summed E-state index contributed by atoms with van der Waals surface area (Å²) in [5, 5.41) is 4.35. The van der Waals surface area contributed by atoms with Gasteiger partial charge in [0.2, 0.25) is 0 Å². The molecule has 0 spiro atoms. The van der Waals surface area contributed by atoms with Crippen LogP contribution in [0, 0.1) is 5.41 Å². The third-order valence-corrected chi connectivity index (χ3v) is 4.38. The maximum Gasteiger partial charge on any atom is 0.146 e. The lowest BCUT2D eigenvalue weighted by Gasteiger charge is -2.42. The first-order valence-electron chi connectivity index (χ1n) is 7.79. The van der Waals surface area contributed by atoms with Crippen LogP contribution in [0.1, 0.15) is 18.5 Å². The number of ether oxygens (including phenoxy) is 3. The van der Waals surface area contributed by atoms with Gasteiger partial charge in [0.1, 0.15) is 19.4 Å². The molecule has 0 bridgehead atoms. The number of hydrogen-bond donors (Lipinski definition) is 0. The SMILES string of the molecule is COC(C(Cc1ccccc1)n1cncn1)C1(C)COCOC1. The maximum absolute atomic E-state index is 5.90. The number of hydrogen-bond acceptors (Lipinski definition) is 5. The Kier molecular flexibility index (Phi) is 5.05. The minimum Gasteiger partial charge on any atom is -0.378 e. The van der Waals surface area contributed by atoms with Gasteiger partial charge in [-0.2, -0.15) is 5.10 Å². The highest BCUT2D eigenvalue weighted by Gasteiger charge is 2.43. The number of methoxy groups -OCH3 is 1. The lowest BCUT2D eigenvalue weighted by atomic mass is 9.79. The molecule has 2 heterocycles. The first kappa shape index (κ1) is 16.1. The maximum atomic E-state index is 5.90. The fourth-order valence-corrected chi connectivity index (χ4v) is 3.30. The summed E-state index contributed by atoms with van der Waals surface area (Å²) in [7, 11) is 1.74. The second kappa shape index (κ2) is 7.21. The van der Waals surface area contributed by atoms with E-state index >= 15 is 0 Å². The molecule has 2 atom stereocenters. The second-order valence-corrected chi connectivity index (χ2v) is 6.26. The van der Waals surface area contributed by atoms with Crippen molar-refractivity contribution in [1.82, 2.24) is 14.8 Å². The second-order valence-electron chi connectivity index (χ2n) is 6.26. The number of aromatic nitrogens is 3. The minimum absolute atomic E-state index is 0.0141. The average molecular weight is 317 g/mol. The molecule has 1 aromatic heterocycles. The largest absolute Gasteiger partial charge is 0.378 e. The molecule has 6 nitrogen and oxygen atoms in total. The Morgan fingerprint density at radius 2 is 2.00 bits per heavy atom. The van der Waals surface area contributed by atoms with E-state index < -0.39 is 0 Å². The Morgan fingerprint density at radius 3 is 2.61 bits per heavy atom. The molecule has 0 amide bonds. The Labute approximate surface area is 136 Å². The summed E-state index contributed by atoms with van der Waals surface area (Å²) < 4.78 is 18.9. The third kappa shape index (κ3) is 3.60. The fourth-order valence-electron chi connectivity index (χ4n) is 3.30. The van der Waals surface area contributed by atoms with Crippen LogP contribution in [0.4, 0.5) is 0 Å². The number of benzene rings is 1. The summed E-state index contributed by atoms with van der Waals surface area (Å²) >= 11 is 0. The zero-order chi connectivity index (χ0) is 16.1. The van der Waals surface area contributed by atoms with Gasteiger partial charge in [0.15, 0.2) is 0 Å². The van der Waals surface area contributed by atoms with Crippen LogP contribution >= 0.6 is 0 Å². The van der Waals surface area contributed by atoms with Crippen LogP contribution in [0.5, 0.6) is 0 Å². The van der Waals surface area contributed by atoms with Crippen LogP contribution in [-0.2, 0) is 20.6 Å². The zero-order valence-electron chi connectivity index (χ0n) is 13.6. The van der Waals surface area contributed by atoms with Crippen LogP contribution in [0.25, 0.3) is 0 Å². The van der Waals surface area contributed by atoms with Crippen LogP contribution < -0.4 is 0 Å². The molecule has 1 aromatic carbocycles. The van der Waals surface area contributed by atoms with E-state index in [9.17, 15) is 0 Å². The van der Waals surface area contributed by atoms with Gasteiger partial charge in [-0.3, -0.25) is 0 Å². The van der Waals surface area contributed by atoms with Crippen LogP contribution in [-0.4, -0.2) is 48.0 Å². The highest BCUT2D eigenvalue weighted by atomic mass is 16.7. The van der Waals surface area contributed by atoms with Crippen molar-refractivity contribution in [3.8, 4) is 0 Å². The lowest BCUT2D eigenvalue weighted by molar-refractivity contribution is -0.201. The summed E-state index contributed by atoms with van der Waals surface area (Å²) in [5.74, 6) is 0. The topological polar surface area (TPSA) is 58.4 Å². The molecule has 1 aliphatic heterocycles. The molecule has 0 aliphatic carbocycles. The van der Waals surface area contributed by atoms with Crippen molar-refractivity contribution in [2.24, 2.45) is 5.41 Å². The zero-order valence-corrected chi connectivity index (χ0v) is 13.6. The smallest absolute Gasteiger partial charge is 0.146 e. The van der Waals surface area contributed by atoms with Crippen molar-refractivity contribution in [2.75, 3.05) is 27.1 Å². The van der Waals surface area contributed by atoms with Gasteiger partial charge in [0.05, 0.1) is 25.4 Å². The molecule has 0 N–H and O–H groups in total. The number of rotatable bonds is 6. The van der Waals surface area contributed by atoms with Gasteiger partial charge in [-0.25, -0.2) is 9.67 Å². The van der Waals surface area contributed by atoms with Gasteiger partial charge < -0.3 is 14.2 Å². The molecule has 6 heteroatoms. The number of nitrogens with zero attached hydrogens (tertiary/aromatic N) is 3. The van der Waals surface area contributed by atoms with E-state index in [0.29, 0.717) is 20.0 Å². The van der Waals surface area contributed by atoms with E-state index in [0.717, 1.165) is 6.42 Å². The van der Waals surface area contributed by atoms with Gasteiger partial charge in [-0.15, -0.1) is 0 Å². The summed E-state index contributed by atoms with van der Waals surface area (Å²) in [5.41, 5.74) is 0.995. The highest BCUT2D eigenvalue weighted by molar-refractivity contribution is 5.16. The van der Waals surface area contributed by atoms with Crippen LogP contribution in [0.15, 0.2) is 43.0 Å². The Hall–Kier alpha value is -1.76. The summed E-state index contributed by atoms with van der Waals surface area (Å²) in [4.78, 5) is 4.10. The summed E-state index contributed by atoms with van der Waals surface area (Å²) in [6.07, 6.45) is 4.00. The van der Waals surface area contributed by atoms with Crippen molar-refractivity contribution in [1.29, 1.82) is 0 Å². The molecule has 23 heavy (non-hydrogen) atoms. The normalized spacial score (nSPS) is 20.1. The molecule has 124 valence electrons. The molecule has 1 aliphatic rings.